The van der Waals surface area contributed by atoms with Gasteiger partial charge in [0.15, 0.2) is 0 Å². The number of carbonyl (C=O) groups is 1. The van der Waals surface area contributed by atoms with E-state index < -0.39 is 16.6 Å². The van der Waals surface area contributed by atoms with Crippen LogP contribution in [0.2, 0.25) is 5.02 Å². The van der Waals surface area contributed by atoms with E-state index in [4.69, 9.17) is 16.9 Å². The molecule has 8 heteroatoms. The van der Waals surface area contributed by atoms with Crippen LogP contribution >= 0.6 is 11.6 Å². The standard InChI is InChI=1S/C14H7ClFN3O3/c15-11-4-2-9(19(21)22)6-13(11)18-14(20)10-3-1-8(7-17)5-12(10)16/h1-6H,(H,18,20). The summed E-state index contributed by atoms with van der Waals surface area (Å²) in [5.74, 6) is -1.71. The first kappa shape index (κ1) is 15.4. The maximum Gasteiger partial charge on any atom is 0.271 e. The van der Waals surface area contributed by atoms with Gasteiger partial charge in [-0.15, -0.1) is 0 Å². The Hall–Kier alpha value is -2.98. The van der Waals surface area contributed by atoms with E-state index in [0.29, 0.717) is 0 Å². The van der Waals surface area contributed by atoms with Crippen LogP contribution in [0.15, 0.2) is 36.4 Å². The summed E-state index contributed by atoms with van der Waals surface area (Å²) in [5.41, 5.74) is -0.506. The topological polar surface area (TPSA) is 96.0 Å². The van der Waals surface area contributed by atoms with E-state index in [2.05, 4.69) is 5.32 Å². The molecule has 2 aromatic rings. The van der Waals surface area contributed by atoms with Crippen LogP contribution in [-0.4, -0.2) is 10.8 Å². The number of hydrogen-bond acceptors (Lipinski definition) is 4. The van der Waals surface area contributed by atoms with Gasteiger partial charge in [-0.3, -0.25) is 14.9 Å². The van der Waals surface area contributed by atoms with Crippen LogP contribution in [0.25, 0.3) is 0 Å². The van der Waals surface area contributed by atoms with E-state index in [0.717, 1.165) is 18.2 Å². The van der Waals surface area contributed by atoms with Crippen molar-refractivity contribution in [2.75, 3.05) is 5.32 Å². The van der Waals surface area contributed by atoms with Crippen LogP contribution in [-0.2, 0) is 0 Å². The predicted octanol–water partition coefficient (Wildman–Crippen LogP) is 3.51. The summed E-state index contributed by atoms with van der Waals surface area (Å²) in [6, 6.07) is 8.60. The van der Waals surface area contributed by atoms with Gasteiger partial charge in [-0.2, -0.15) is 5.26 Å². The van der Waals surface area contributed by atoms with Gasteiger partial charge < -0.3 is 5.32 Å². The highest BCUT2D eigenvalue weighted by Gasteiger charge is 2.16. The highest BCUT2D eigenvalue weighted by atomic mass is 35.5. The molecule has 0 unspecified atom stereocenters. The number of halogens is 2. The molecular formula is C14H7ClFN3O3. The largest absolute Gasteiger partial charge is 0.320 e. The molecule has 2 aromatic carbocycles. The third-order valence-electron chi connectivity index (χ3n) is 2.75. The number of amides is 1. The summed E-state index contributed by atoms with van der Waals surface area (Å²) in [6.45, 7) is 0. The van der Waals surface area contributed by atoms with E-state index in [9.17, 15) is 19.3 Å². The zero-order chi connectivity index (χ0) is 16.3. The summed E-state index contributed by atoms with van der Waals surface area (Å²) < 4.78 is 13.7. The summed E-state index contributed by atoms with van der Waals surface area (Å²) in [6.07, 6.45) is 0. The molecule has 0 heterocycles. The van der Waals surface area contributed by atoms with Gasteiger partial charge >= 0.3 is 0 Å². The molecule has 0 saturated carbocycles. The lowest BCUT2D eigenvalue weighted by Crippen LogP contribution is -2.14. The summed E-state index contributed by atoms with van der Waals surface area (Å²) in [5, 5.41) is 21.7. The van der Waals surface area contributed by atoms with Gasteiger partial charge in [0.05, 0.1) is 32.8 Å². The monoisotopic (exact) mass is 319 g/mol. The third kappa shape index (κ3) is 3.19. The van der Waals surface area contributed by atoms with E-state index in [1.807, 2.05) is 0 Å². The summed E-state index contributed by atoms with van der Waals surface area (Å²) in [7, 11) is 0. The molecule has 0 atom stereocenters. The van der Waals surface area contributed by atoms with Gasteiger partial charge in [0.25, 0.3) is 11.6 Å². The molecule has 1 N–H and O–H groups in total. The molecule has 110 valence electrons. The van der Waals surface area contributed by atoms with Crippen molar-refractivity contribution >= 4 is 28.9 Å². The minimum absolute atomic E-state index is 0.00961. The molecule has 0 aliphatic rings. The summed E-state index contributed by atoms with van der Waals surface area (Å²) in [4.78, 5) is 22.1. The molecule has 0 aliphatic heterocycles. The Morgan fingerprint density at radius 3 is 2.64 bits per heavy atom. The number of carbonyl (C=O) groups excluding carboxylic acids is 1. The minimum atomic E-state index is -0.877. The van der Waals surface area contributed by atoms with Gasteiger partial charge in [0, 0.05) is 12.1 Å². The van der Waals surface area contributed by atoms with Crippen molar-refractivity contribution in [3.05, 3.63) is 68.5 Å². The molecule has 0 spiro atoms. The predicted molar refractivity (Wildman–Crippen MR) is 77.2 cm³/mol. The van der Waals surface area contributed by atoms with Crippen molar-refractivity contribution in [3.63, 3.8) is 0 Å². The number of nitrogens with zero attached hydrogens (tertiary/aromatic N) is 2. The van der Waals surface area contributed by atoms with E-state index in [1.54, 1.807) is 6.07 Å². The van der Waals surface area contributed by atoms with Gasteiger partial charge in [0.1, 0.15) is 5.82 Å². The fourth-order valence-electron chi connectivity index (χ4n) is 1.68. The molecule has 22 heavy (non-hydrogen) atoms. The number of hydrogen-bond donors (Lipinski definition) is 1. The van der Waals surface area contributed by atoms with Crippen LogP contribution < -0.4 is 5.32 Å². The van der Waals surface area contributed by atoms with Crippen LogP contribution in [0.4, 0.5) is 15.8 Å². The average molecular weight is 320 g/mol. The number of non-ortho nitro benzene ring substituents is 1. The molecule has 0 radical (unpaired) electrons. The molecule has 0 bridgehead atoms. The molecule has 0 saturated heterocycles. The van der Waals surface area contributed by atoms with E-state index in [-0.39, 0.29) is 27.5 Å². The highest BCUT2D eigenvalue weighted by Crippen LogP contribution is 2.27. The van der Waals surface area contributed by atoms with Crippen molar-refractivity contribution in [1.29, 1.82) is 5.26 Å². The first-order chi connectivity index (χ1) is 10.4. The molecule has 6 nitrogen and oxygen atoms in total. The number of nitriles is 1. The molecular weight excluding hydrogens is 313 g/mol. The SMILES string of the molecule is N#Cc1ccc(C(=O)Nc2cc([N+](=O)[O-])ccc2Cl)c(F)c1. The van der Waals surface area contributed by atoms with Crippen molar-refractivity contribution in [2.45, 2.75) is 0 Å². The molecule has 0 aromatic heterocycles. The Morgan fingerprint density at radius 2 is 2.05 bits per heavy atom. The van der Waals surface area contributed by atoms with Crippen LogP contribution in [0.3, 0.4) is 0 Å². The highest BCUT2D eigenvalue weighted by molar-refractivity contribution is 6.34. The van der Waals surface area contributed by atoms with E-state index in [1.165, 1.54) is 18.2 Å². The van der Waals surface area contributed by atoms with E-state index >= 15 is 0 Å². The van der Waals surface area contributed by atoms with Crippen LogP contribution in [0, 0.1) is 27.3 Å². The Balaban J connectivity index is 2.31. The Kier molecular flexibility index (Phi) is 4.34. The maximum absolute atomic E-state index is 13.7. The van der Waals surface area contributed by atoms with Crippen LogP contribution in [0.1, 0.15) is 15.9 Å². The zero-order valence-corrected chi connectivity index (χ0v) is 11.6. The Bertz CT molecular complexity index is 817. The van der Waals surface area contributed by atoms with Crippen molar-refractivity contribution in [2.24, 2.45) is 0 Å². The number of rotatable bonds is 3. The van der Waals surface area contributed by atoms with Crippen molar-refractivity contribution in [3.8, 4) is 6.07 Å². The normalized spacial score (nSPS) is 9.86. The quantitative estimate of drug-likeness (QED) is 0.691. The van der Waals surface area contributed by atoms with Gasteiger partial charge in [-0.05, 0) is 24.3 Å². The fourth-order valence-corrected chi connectivity index (χ4v) is 1.85. The van der Waals surface area contributed by atoms with Gasteiger partial charge in [0.2, 0.25) is 0 Å². The van der Waals surface area contributed by atoms with Gasteiger partial charge in [-0.1, -0.05) is 11.6 Å². The second-order valence-electron chi connectivity index (χ2n) is 4.18. The lowest BCUT2D eigenvalue weighted by atomic mass is 10.1. The average Bonchev–Trinajstić information content (AvgIpc) is 2.48. The van der Waals surface area contributed by atoms with Gasteiger partial charge in [-0.25, -0.2) is 4.39 Å². The summed E-state index contributed by atoms with van der Waals surface area (Å²) >= 11 is 5.85. The Morgan fingerprint density at radius 1 is 1.32 bits per heavy atom. The zero-order valence-electron chi connectivity index (χ0n) is 10.8. The molecule has 1 amide bonds. The Labute approximate surface area is 128 Å². The molecule has 0 aliphatic carbocycles. The fraction of sp³-hybridized carbons (Fsp3) is 0. The maximum atomic E-state index is 13.7. The van der Waals surface area contributed by atoms with Crippen LogP contribution in [0.5, 0.6) is 0 Å². The second kappa shape index (κ2) is 6.20. The lowest BCUT2D eigenvalue weighted by molar-refractivity contribution is -0.384. The number of nitro groups is 1. The first-order valence-corrected chi connectivity index (χ1v) is 6.25. The van der Waals surface area contributed by atoms with Crippen molar-refractivity contribution < 1.29 is 14.1 Å². The lowest BCUT2D eigenvalue weighted by Gasteiger charge is -2.08. The number of nitro benzene ring substituents is 1. The third-order valence-corrected chi connectivity index (χ3v) is 3.08. The second-order valence-corrected chi connectivity index (χ2v) is 4.59. The molecule has 0 fully saturated rings. The number of nitrogens with one attached hydrogen (secondary N) is 1. The molecule has 2 rings (SSSR count). The first-order valence-electron chi connectivity index (χ1n) is 5.87. The minimum Gasteiger partial charge on any atom is -0.320 e. The number of benzene rings is 2. The van der Waals surface area contributed by atoms with Crippen molar-refractivity contribution in [1.82, 2.24) is 0 Å². The number of anilines is 1. The smallest absolute Gasteiger partial charge is 0.271 e.